The molecular weight excluding hydrogens is 260 g/mol. The lowest BCUT2D eigenvalue weighted by Gasteiger charge is -2.15. The van der Waals surface area contributed by atoms with E-state index in [2.05, 4.69) is 15.9 Å². The van der Waals surface area contributed by atoms with Crippen LogP contribution in [0.1, 0.15) is 39.1 Å². The fourth-order valence-electron chi connectivity index (χ4n) is 1.82. The summed E-state index contributed by atoms with van der Waals surface area (Å²) in [5, 5.41) is 8.91. The zero-order valence-corrected chi connectivity index (χ0v) is 9.50. The van der Waals surface area contributed by atoms with Gasteiger partial charge < -0.3 is 5.11 Å². The van der Waals surface area contributed by atoms with E-state index in [-0.39, 0.29) is 11.3 Å². The average molecular weight is 269 g/mol. The first-order valence-electron chi connectivity index (χ1n) is 4.68. The number of Topliss-reactive ketones (excluding diaryl/α,β-unsaturated/α-hetero) is 1. The maximum absolute atomic E-state index is 11.6. The molecule has 0 amide bonds. The molecule has 2 rings (SSSR count). The zero-order valence-electron chi connectivity index (χ0n) is 7.92. The minimum atomic E-state index is -1.01. The number of fused-ring (bicyclic) bond motifs is 1. The number of ketones is 1. The van der Waals surface area contributed by atoms with E-state index >= 15 is 0 Å². The van der Waals surface area contributed by atoms with Gasteiger partial charge in [-0.2, -0.15) is 0 Å². The number of hydrogen-bond donors (Lipinski definition) is 1. The summed E-state index contributed by atoms with van der Waals surface area (Å²) in [6.07, 6.45) is 2.22. The predicted octanol–water partition coefficient (Wildman–Crippen LogP) is 2.67. The van der Waals surface area contributed by atoms with E-state index in [1.807, 2.05) is 0 Å². The Morgan fingerprint density at radius 2 is 2.07 bits per heavy atom. The molecule has 0 heterocycles. The average Bonchev–Trinajstić information content (AvgIpc) is 2.16. The van der Waals surface area contributed by atoms with Crippen molar-refractivity contribution in [3.63, 3.8) is 0 Å². The van der Waals surface area contributed by atoms with E-state index in [0.717, 1.165) is 18.4 Å². The number of halogens is 1. The molecule has 0 saturated carbocycles. The van der Waals surface area contributed by atoms with Gasteiger partial charge >= 0.3 is 5.97 Å². The number of aryl methyl sites for hydroxylation is 1. The molecule has 1 aromatic rings. The highest BCUT2D eigenvalue weighted by Gasteiger charge is 2.20. The molecule has 1 aliphatic rings. The molecule has 15 heavy (non-hydrogen) atoms. The van der Waals surface area contributed by atoms with Gasteiger partial charge in [-0.25, -0.2) is 4.79 Å². The first kappa shape index (κ1) is 10.4. The highest BCUT2D eigenvalue weighted by atomic mass is 79.9. The molecule has 0 aromatic heterocycles. The molecule has 0 spiro atoms. The molecule has 1 aromatic carbocycles. The Hall–Kier alpha value is -1.16. The van der Waals surface area contributed by atoms with E-state index < -0.39 is 5.97 Å². The van der Waals surface area contributed by atoms with Crippen LogP contribution < -0.4 is 0 Å². The van der Waals surface area contributed by atoms with Gasteiger partial charge in [0.05, 0.1) is 5.56 Å². The number of hydrogen-bond acceptors (Lipinski definition) is 2. The van der Waals surface area contributed by atoms with Crippen LogP contribution in [0.4, 0.5) is 0 Å². The minimum Gasteiger partial charge on any atom is -0.478 e. The van der Waals surface area contributed by atoms with Crippen LogP contribution in [0.2, 0.25) is 0 Å². The maximum atomic E-state index is 11.6. The summed E-state index contributed by atoms with van der Waals surface area (Å²) >= 11 is 3.20. The monoisotopic (exact) mass is 268 g/mol. The van der Waals surface area contributed by atoms with Crippen molar-refractivity contribution in [1.82, 2.24) is 0 Å². The molecule has 0 unspecified atom stereocenters. The SMILES string of the molecule is O=C(O)c1cc2c(cc1Br)CCCC2=O. The van der Waals surface area contributed by atoms with E-state index in [4.69, 9.17) is 5.11 Å². The number of aromatic carboxylic acids is 1. The summed E-state index contributed by atoms with van der Waals surface area (Å²) in [5.74, 6) is -0.964. The first-order chi connectivity index (χ1) is 7.09. The topological polar surface area (TPSA) is 54.4 Å². The van der Waals surface area contributed by atoms with Gasteiger partial charge in [-0.05, 0) is 46.5 Å². The molecule has 3 nitrogen and oxygen atoms in total. The van der Waals surface area contributed by atoms with Gasteiger partial charge in [-0.15, -0.1) is 0 Å². The predicted molar refractivity (Wildman–Crippen MR) is 58.4 cm³/mol. The van der Waals surface area contributed by atoms with Crippen molar-refractivity contribution in [3.05, 3.63) is 33.3 Å². The van der Waals surface area contributed by atoms with Crippen molar-refractivity contribution in [2.45, 2.75) is 19.3 Å². The molecule has 0 atom stereocenters. The number of carboxylic acid groups (broad SMARTS) is 1. The summed E-state index contributed by atoms with van der Waals surface area (Å²) in [6.45, 7) is 0. The van der Waals surface area contributed by atoms with Gasteiger partial charge in [-0.3, -0.25) is 4.79 Å². The second kappa shape index (κ2) is 3.77. The Labute approximate surface area is 95.2 Å². The Morgan fingerprint density at radius 3 is 2.73 bits per heavy atom. The molecule has 0 radical (unpaired) electrons. The Balaban J connectivity index is 2.60. The number of rotatable bonds is 1. The van der Waals surface area contributed by atoms with Crippen LogP contribution in [0.15, 0.2) is 16.6 Å². The molecule has 0 bridgehead atoms. The van der Waals surface area contributed by atoms with Gasteiger partial charge in [0.1, 0.15) is 0 Å². The molecule has 4 heteroatoms. The highest BCUT2D eigenvalue weighted by Crippen LogP contribution is 2.27. The lowest BCUT2D eigenvalue weighted by molar-refractivity contribution is 0.0696. The standard InChI is InChI=1S/C11H9BrO3/c12-9-4-6-2-1-3-10(13)7(6)5-8(9)11(14)15/h4-5H,1-3H2,(H,14,15). The summed E-state index contributed by atoms with van der Waals surface area (Å²) < 4.78 is 0.545. The smallest absolute Gasteiger partial charge is 0.336 e. The van der Waals surface area contributed by atoms with Crippen molar-refractivity contribution in [1.29, 1.82) is 0 Å². The Bertz CT molecular complexity index is 451. The molecular formula is C11H9BrO3. The number of carbonyl (C=O) groups excluding carboxylic acids is 1. The number of carboxylic acids is 1. The maximum Gasteiger partial charge on any atom is 0.336 e. The summed E-state index contributed by atoms with van der Waals surface area (Å²) in [4.78, 5) is 22.4. The Kier molecular flexibility index (Phi) is 2.61. The quantitative estimate of drug-likeness (QED) is 0.852. The Morgan fingerprint density at radius 1 is 1.33 bits per heavy atom. The van der Waals surface area contributed by atoms with Crippen LogP contribution in [-0.2, 0) is 6.42 Å². The van der Waals surface area contributed by atoms with Crippen LogP contribution in [-0.4, -0.2) is 16.9 Å². The van der Waals surface area contributed by atoms with E-state index in [1.54, 1.807) is 6.07 Å². The van der Waals surface area contributed by atoms with Gasteiger partial charge in [-0.1, -0.05) is 0 Å². The second-order valence-corrected chi connectivity index (χ2v) is 4.43. The first-order valence-corrected chi connectivity index (χ1v) is 5.48. The fourth-order valence-corrected chi connectivity index (χ4v) is 2.38. The van der Waals surface area contributed by atoms with Gasteiger partial charge in [0.15, 0.2) is 5.78 Å². The number of carbonyl (C=O) groups is 2. The number of benzene rings is 1. The third kappa shape index (κ3) is 1.81. The van der Waals surface area contributed by atoms with Crippen LogP contribution in [0.3, 0.4) is 0 Å². The molecule has 78 valence electrons. The summed E-state index contributed by atoms with van der Waals surface area (Å²) in [5.41, 5.74) is 1.67. The van der Waals surface area contributed by atoms with Crippen LogP contribution in [0.5, 0.6) is 0 Å². The van der Waals surface area contributed by atoms with Crippen LogP contribution in [0, 0.1) is 0 Å². The van der Waals surface area contributed by atoms with Crippen molar-refractivity contribution in [3.8, 4) is 0 Å². The molecule has 0 fully saturated rings. The lowest BCUT2D eigenvalue weighted by atomic mass is 9.89. The third-order valence-electron chi connectivity index (χ3n) is 2.57. The van der Waals surface area contributed by atoms with Gasteiger partial charge in [0.25, 0.3) is 0 Å². The van der Waals surface area contributed by atoms with E-state index in [0.29, 0.717) is 16.5 Å². The van der Waals surface area contributed by atoms with Crippen LogP contribution >= 0.6 is 15.9 Å². The van der Waals surface area contributed by atoms with Gasteiger partial charge in [0.2, 0.25) is 0 Å². The van der Waals surface area contributed by atoms with E-state index in [9.17, 15) is 9.59 Å². The zero-order chi connectivity index (χ0) is 11.0. The highest BCUT2D eigenvalue weighted by molar-refractivity contribution is 9.10. The third-order valence-corrected chi connectivity index (χ3v) is 3.23. The van der Waals surface area contributed by atoms with Crippen molar-refractivity contribution in [2.75, 3.05) is 0 Å². The van der Waals surface area contributed by atoms with Crippen molar-refractivity contribution >= 4 is 27.7 Å². The summed E-state index contributed by atoms with van der Waals surface area (Å²) in [7, 11) is 0. The minimum absolute atomic E-state index is 0.0475. The lowest BCUT2D eigenvalue weighted by Crippen LogP contribution is -2.12. The van der Waals surface area contributed by atoms with Crippen molar-refractivity contribution in [2.24, 2.45) is 0 Å². The summed E-state index contributed by atoms with van der Waals surface area (Å²) in [6, 6.07) is 3.22. The largest absolute Gasteiger partial charge is 0.478 e. The van der Waals surface area contributed by atoms with Crippen LogP contribution in [0.25, 0.3) is 0 Å². The van der Waals surface area contributed by atoms with Crippen molar-refractivity contribution < 1.29 is 14.7 Å². The molecule has 1 aliphatic carbocycles. The molecule has 0 aliphatic heterocycles. The second-order valence-electron chi connectivity index (χ2n) is 3.57. The van der Waals surface area contributed by atoms with Gasteiger partial charge in [0, 0.05) is 16.5 Å². The normalized spacial score (nSPS) is 14.9. The molecule has 1 N–H and O–H groups in total. The van der Waals surface area contributed by atoms with E-state index in [1.165, 1.54) is 6.07 Å². The fraction of sp³-hybridized carbons (Fsp3) is 0.273. The molecule has 0 saturated heterocycles.